The van der Waals surface area contributed by atoms with Gasteiger partial charge in [-0.3, -0.25) is 4.99 Å². The first kappa shape index (κ1) is 11.9. The molecule has 2 nitrogen and oxygen atoms in total. The normalized spacial score (nSPS) is 24.6. The van der Waals surface area contributed by atoms with Crippen LogP contribution in [0.15, 0.2) is 4.99 Å². The maximum absolute atomic E-state index is 4.63. The number of rotatable bonds is 2. The van der Waals surface area contributed by atoms with E-state index in [-0.39, 0.29) is 0 Å². The Morgan fingerprint density at radius 3 is 2.64 bits per heavy atom. The molecule has 1 N–H and O–H groups in total. The molecule has 0 aromatic carbocycles. The van der Waals surface area contributed by atoms with Crippen molar-refractivity contribution in [3.05, 3.63) is 0 Å². The quantitative estimate of drug-likeness (QED) is 0.764. The van der Waals surface area contributed by atoms with E-state index in [4.69, 9.17) is 0 Å². The van der Waals surface area contributed by atoms with Crippen molar-refractivity contribution in [1.29, 1.82) is 0 Å². The smallest absolute Gasteiger partial charge is 0.157 e. The van der Waals surface area contributed by atoms with Gasteiger partial charge in [-0.05, 0) is 18.8 Å². The van der Waals surface area contributed by atoms with E-state index in [1.54, 1.807) is 0 Å². The molecule has 0 aliphatic carbocycles. The molecule has 0 amide bonds. The maximum Gasteiger partial charge on any atom is 0.157 e. The Morgan fingerprint density at radius 2 is 2.21 bits per heavy atom. The molecule has 2 unspecified atom stereocenters. The van der Waals surface area contributed by atoms with Crippen LogP contribution in [0.25, 0.3) is 0 Å². The van der Waals surface area contributed by atoms with Crippen molar-refractivity contribution in [3.63, 3.8) is 0 Å². The highest BCUT2D eigenvalue weighted by molar-refractivity contribution is 8.14. The summed E-state index contributed by atoms with van der Waals surface area (Å²) in [4.78, 5) is 4.63. The molecule has 3 heteroatoms. The Bertz CT molecular complexity index is 218. The van der Waals surface area contributed by atoms with Gasteiger partial charge in [0.2, 0.25) is 0 Å². The topological polar surface area (TPSA) is 24.4 Å². The Labute approximate surface area is 92.0 Å². The third-order valence-electron chi connectivity index (χ3n) is 2.82. The van der Waals surface area contributed by atoms with Gasteiger partial charge in [0.05, 0.1) is 6.04 Å². The molecule has 1 aliphatic rings. The molecule has 1 aliphatic heterocycles. The summed E-state index contributed by atoms with van der Waals surface area (Å²) in [5.41, 5.74) is 0.299. The standard InChI is InChI=1S/C11H22N2S/c1-6-9-7-14-10(13-9)12-8(2)11(3,4)5/h8-9H,6-7H2,1-5H3,(H,12,13). The van der Waals surface area contributed by atoms with E-state index in [9.17, 15) is 0 Å². The molecular formula is C11H22N2S. The van der Waals surface area contributed by atoms with Gasteiger partial charge >= 0.3 is 0 Å². The third-order valence-corrected chi connectivity index (χ3v) is 3.87. The highest BCUT2D eigenvalue weighted by Crippen LogP contribution is 2.23. The van der Waals surface area contributed by atoms with Gasteiger partial charge in [0, 0.05) is 11.8 Å². The Morgan fingerprint density at radius 1 is 1.57 bits per heavy atom. The van der Waals surface area contributed by atoms with E-state index >= 15 is 0 Å². The fourth-order valence-corrected chi connectivity index (χ4v) is 2.25. The van der Waals surface area contributed by atoms with Crippen molar-refractivity contribution < 1.29 is 0 Å². The van der Waals surface area contributed by atoms with Crippen LogP contribution in [0.5, 0.6) is 0 Å². The zero-order chi connectivity index (χ0) is 10.8. The fraction of sp³-hybridized carbons (Fsp3) is 0.909. The minimum Gasteiger partial charge on any atom is -0.362 e. The highest BCUT2D eigenvalue weighted by Gasteiger charge is 2.23. The summed E-state index contributed by atoms with van der Waals surface area (Å²) in [5, 5.41) is 4.63. The second kappa shape index (κ2) is 4.56. The maximum atomic E-state index is 4.63. The molecule has 0 fully saturated rings. The molecule has 14 heavy (non-hydrogen) atoms. The fourth-order valence-electron chi connectivity index (χ4n) is 1.11. The summed E-state index contributed by atoms with van der Waals surface area (Å²) in [6.45, 7) is 11.2. The first-order chi connectivity index (χ1) is 6.43. The van der Waals surface area contributed by atoms with Crippen molar-refractivity contribution in [2.45, 2.75) is 53.1 Å². The zero-order valence-electron chi connectivity index (χ0n) is 9.92. The molecule has 1 rings (SSSR count). The van der Waals surface area contributed by atoms with Crippen molar-refractivity contribution in [1.82, 2.24) is 5.32 Å². The van der Waals surface area contributed by atoms with E-state index < -0.39 is 0 Å². The average Bonchev–Trinajstić information content (AvgIpc) is 2.50. The number of aliphatic imine (C=N–C) groups is 1. The second-order valence-electron chi connectivity index (χ2n) is 5.04. The lowest BCUT2D eigenvalue weighted by Crippen LogP contribution is -2.39. The number of nitrogens with zero attached hydrogens (tertiary/aromatic N) is 1. The molecule has 0 aromatic heterocycles. The number of hydrogen-bond donors (Lipinski definition) is 1. The molecule has 0 aromatic rings. The van der Waals surface area contributed by atoms with Gasteiger partial charge in [0.25, 0.3) is 0 Å². The van der Waals surface area contributed by atoms with E-state index in [0.717, 1.165) is 17.3 Å². The van der Waals surface area contributed by atoms with Crippen LogP contribution in [0.2, 0.25) is 0 Å². The molecule has 82 valence electrons. The van der Waals surface area contributed by atoms with Crippen LogP contribution in [-0.4, -0.2) is 23.0 Å². The minimum atomic E-state index is 0.299. The van der Waals surface area contributed by atoms with Crippen molar-refractivity contribution in [2.24, 2.45) is 10.4 Å². The third kappa shape index (κ3) is 3.19. The van der Waals surface area contributed by atoms with Gasteiger partial charge in [-0.15, -0.1) is 0 Å². The van der Waals surface area contributed by atoms with Crippen LogP contribution in [-0.2, 0) is 0 Å². The molecule has 2 atom stereocenters. The summed E-state index contributed by atoms with van der Waals surface area (Å²) in [7, 11) is 0. The van der Waals surface area contributed by atoms with Crippen LogP contribution in [0.4, 0.5) is 0 Å². The number of thioether (sulfide) groups is 1. The number of nitrogens with one attached hydrogen (secondary N) is 1. The average molecular weight is 214 g/mol. The van der Waals surface area contributed by atoms with Crippen LogP contribution >= 0.6 is 11.8 Å². The highest BCUT2D eigenvalue weighted by atomic mass is 32.2. The molecule has 0 bridgehead atoms. The van der Waals surface area contributed by atoms with Crippen LogP contribution in [0.3, 0.4) is 0 Å². The zero-order valence-corrected chi connectivity index (χ0v) is 10.7. The predicted molar refractivity (Wildman–Crippen MR) is 66.0 cm³/mol. The van der Waals surface area contributed by atoms with Gasteiger partial charge in [-0.2, -0.15) is 0 Å². The van der Waals surface area contributed by atoms with Crippen LogP contribution in [0.1, 0.15) is 41.0 Å². The lowest BCUT2D eigenvalue weighted by Gasteiger charge is -2.28. The lowest BCUT2D eigenvalue weighted by molar-refractivity contribution is 0.317. The van der Waals surface area contributed by atoms with Gasteiger partial charge in [0.15, 0.2) is 5.17 Å². The first-order valence-electron chi connectivity index (χ1n) is 5.40. The largest absolute Gasteiger partial charge is 0.362 e. The van der Waals surface area contributed by atoms with Crippen LogP contribution in [0, 0.1) is 5.41 Å². The monoisotopic (exact) mass is 214 g/mol. The first-order valence-corrected chi connectivity index (χ1v) is 6.39. The molecule has 0 saturated carbocycles. The summed E-state index contributed by atoms with van der Waals surface area (Å²) in [6, 6.07) is 1.01. The van der Waals surface area contributed by atoms with Gasteiger partial charge in [-0.1, -0.05) is 39.5 Å². The summed E-state index contributed by atoms with van der Waals surface area (Å²) in [6.07, 6.45) is 1.15. The van der Waals surface area contributed by atoms with E-state index in [0.29, 0.717) is 17.5 Å². The summed E-state index contributed by atoms with van der Waals surface area (Å²) in [5.74, 6) is 1.15. The molecule has 0 radical (unpaired) electrons. The summed E-state index contributed by atoms with van der Waals surface area (Å²) < 4.78 is 0. The summed E-state index contributed by atoms with van der Waals surface area (Å²) >= 11 is 1.86. The SMILES string of the molecule is CCC1CSC(NC(C)C(C)(C)C)=N1. The number of hydrogen-bond acceptors (Lipinski definition) is 3. The molecular weight excluding hydrogens is 192 g/mol. The lowest BCUT2D eigenvalue weighted by atomic mass is 9.88. The number of amidine groups is 1. The Balaban J connectivity index is 2.46. The Kier molecular flexibility index (Phi) is 3.87. The van der Waals surface area contributed by atoms with Gasteiger partial charge in [0.1, 0.15) is 0 Å². The van der Waals surface area contributed by atoms with Gasteiger partial charge in [-0.25, -0.2) is 0 Å². The minimum absolute atomic E-state index is 0.299. The predicted octanol–water partition coefficient (Wildman–Crippen LogP) is 2.89. The van der Waals surface area contributed by atoms with Crippen LogP contribution < -0.4 is 5.32 Å². The van der Waals surface area contributed by atoms with E-state index in [1.165, 1.54) is 0 Å². The van der Waals surface area contributed by atoms with E-state index in [1.807, 2.05) is 11.8 Å². The van der Waals surface area contributed by atoms with E-state index in [2.05, 4.69) is 44.9 Å². The van der Waals surface area contributed by atoms with Gasteiger partial charge < -0.3 is 5.32 Å². The Hall–Kier alpha value is -0.180. The second-order valence-corrected chi connectivity index (χ2v) is 6.05. The van der Waals surface area contributed by atoms with Crippen molar-refractivity contribution >= 4 is 16.9 Å². The molecule has 1 heterocycles. The molecule has 0 saturated heterocycles. The van der Waals surface area contributed by atoms with Crippen molar-refractivity contribution in [2.75, 3.05) is 5.75 Å². The van der Waals surface area contributed by atoms with Crippen molar-refractivity contribution in [3.8, 4) is 0 Å². The molecule has 0 spiro atoms.